The van der Waals surface area contributed by atoms with E-state index in [0.717, 1.165) is 23.2 Å². The number of carbonyl (C=O) groups is 1. The molecule has 4 heteroatoms. The second-order valence-corrected chi connectivity index (χ2v) is 4.56. The van der Waals surface area contributed by atoms with Crippen molar-refractivity contribution in [1.82, 2.24) is 10.6 Å². The van der Waals surface area contributed by atoms with Gasteiger partial charge in [-0.3, -0.25) is 4.79 Å². The van der Waals surface area contributed by atoms with Gasteiger partial charge in [0, 0.05) is 13.1 Å². The van der Waals surface area contributed by atoms with Crippen LogP contribution in [0.1, 0.15) is 22.7 Å². The fraction of sp³-hybridized carbons (Fsp3) is 0.462. The molecule has 1 heterocycles. The van der Waals surface area contributed by atoms with Crippen molar-refractivity contribution < 1.29 is 9.90 Å². The van der Waals surface area contributed by atoms with Crippen molar-refractivity contribution in [3.63, 3.8) is 0 Å². The number of aliphatic carboxylic acids is 1. The summed E-state index contributed by atoms with van der Waals surface area (Å²) in [5.74, 6) is -0.803. The van der Waals surface area contributed by atoms with Gasteiger partial charge in [0.2, 0.25) is 0 Å². The smallest absolute Gasteiger partial charge is 0.322 e. The second kappa shape index (κ2) is 4.85. The van der Waals surface area contributed by atoms with E-state index in [1.165, 1.54) is 0 Å². The average molecular weight is 234 g/mol. The van der Waals surface area contributed by atoms with Crippen molar-refractivity contribution in [3.05, 3.63) is 34.9 Å². The molecule has 1 saturated heterocycles. The Morgan fingerprint density at radius 1 is 1.29 bits per heavy atom. The van der Waals surface area contributed by atoms with Gasteiger partial charge in [-0.15, -0.1) is 0 Å². The standard InChI is InChI=1S/C13H18N2O2/c1-8-3-4-9(2)10(7-8)11-12(13(16)17)15-6-5-14-11/h3-4,7,11-12,14-15H,5-6H2,1-2H3,(H,16,17). The van der Waals surface area contributed by atoms with Crippen LogP contribution in [0.5, 0.6) is 0 Å². The van der Waals surface area contributed by atoms with Crippen LogP contribution < -0.4 is 10.6 Å². The van der Waals surface area contributed by atoms with Gasteiger partial charge >= 0.3 is 5.97 Å². The van der Waals surface area contributed by atoms with E-state index in [-0.39, 0.29) is 6.04 Å². The van der Waals surface area contributed by atoms with Crippen molar-refractivity contribution in [3.8, 4) is 0 Å². The lowest BCUT2D eigenvalue weighted by Gasteiger charge is -2.32. The zero-order valence-electron chi connectivity index (χ0n) is 10.2. The first-order valence-corrected chi connectivity index (χ1v) is 5.86. The highest BCUT2D eigenvalue weighted by Gasteiger charge is 2.32. The van der Waals surface area contributed by atoms with Crippen LogP contribution >= 0.6 is 0 Å². The van der Waals surface area contributed by atoms with Gasteiger partial charge in [-0.1, -0.05) is 23.8 Å². The molecule has 0 amide bonds. The van der Waals surface area contributed by atoms with E-state index in [9.17, 15) is 9.90 Å². The molecule has 0 spiro atoms. The lowest BCUT2D eigenvalue weighted by molar-refractivity contribution is -0.140. The van der Waals surface area contributed by atoms with Crippen molar-refractivity contribution in [1.29, 1.82) is 0 Å². The number of carboxylic acids is 1. The first-order chi connectivity index (χ1) is 8.09. The Labute approximate surface area is 101 Å². The molecule has 0 aromatic heterocycles. The molecule has 0 bridgehead atoms. The zero-order chi connectivity index (χ0) is 12.4. The van der Waals surface area contributed by atoms with Crippen molar-refractivity contribution >= 4 is 5.97 Å². The summed E-state index contributed by atoms with van der Waals surface area (Å²) in [4.78, 5) is 11.2. The lowest BCUT2D eigenvalue weighted by Crippen LogP contribution is -2.54. The third-order valence-corrected chi connectivity index (χ3v) is 3.22. The molecule has 2 atom stereocenters. The predicted octanol–water partition coefficient (Wildman–Crippen LogP) is 0.991. The van der Waals surface area contributed by atoms with Gasteiger partial charge in [-0.05, 0) is 25.0 Å². The van der Waals surface area contributed by atoms with Crippen LogP contribution in [0, 0.1) is 13.8 Å². The van der Waals surface area contributed by atoms with Gasteiger partial charge in [0.05, 0.1) is 6.04 Å². The van der Waals surface area contributed by atoms with Gasteiger partial charge in [-0.2, -0.15) is 0 Å². The molecule has 4 nitrogen and oxygen atoms in total. The largest absolute Gasteiger partial charge is 0.480 e. The van der Waals surface area contributed by atoms with Gasteiger partial charge in [0.25, 0.3) is 0 Å². The summed E-state index contributed by atoms with van der Waals surface area (Å²) in [5, 5.41) is 15.6. The van der Waals surface area contributed by atoms with E-state index in [0.29, 0.717) is 6.54 Å². The minimum absolute atomic E-state index is 0.152. The van der Waals surface area contributed by atoms with Gasteiger partial charge in [0.15, 0.2) is 0 Å². The van der Waals surface area contributed by atoms with E-state index >= 15 is 0 Å². The Morgan fingerprint density at radius 3 is 2.71 bits per heavy atom. The quantitative estimate of drug-likeness (QED) is 0.714. The summed E-state index contributed by atoms with van der Waals surface area (Å²) in [6.45, 7) is 5.53. The highest BCUT2D eigenvalue weighted by molar-refractivity contribution is 5.75. The third kappa shape index (κ3) is 2.48. The maximum Gasteiger partial charge on any atom is 0.322 e. The number of benzene rings is 1. The maximum absolute atomic E-state index is 11.2. The van der Waals surface area contributed by atoms with E-state index in [4.69, 9.17) is 0 Å². The number of piperazine rings is 1. The van der Waals surface area contributed by atoms with Crippen LogP contribution in [0.4, 0.5) is 0 Å². The Morgan fingerprint density at radius 2 is 2.00 bits per heavy atom. The average Bonchev–Trinajstić information content (AvgIpc) is 2.32. The summed E-state index contributed by atoms with van der Waals surface area (Å²) in [6, 6.07) is 5.45. The zero-order valence-corrected chi connectivity index (χ0v) is 10.2. The first kappa shape index (κ1) is 12.1. The van der Waals surface area contributed by atoms with Crippen molar-refractivity contribution in [2.24, 2.45) is 0 Å². The molecule has 0 aliphatic carbocycles. The summed E-state index contributed by atoms with van der Waals surface area (Å²) in [6.07, 6.45) is 0. The number of aryl methyl sites for hydroxylation is 2. The van der Waals surface area contributed by atoms with Crippen molar-refractivity contribution in [2.75, 3.05) is 13.1 Å². The number of nitrogens with one attached hydrogen (secondary N) is 2. The number of carboxylic acid groups (broad SMARTS) is 1. The van der Waals surface area contributed by atoms with Crippen LogP contribution in [-0.2, 0) is 4.79 Å². The highest BCUT2D eigenvalue weighted by atomic mass is 16.4. The highest BCUT2D eigenvalue weighted by Crippen LogP contribution is 2.23. The van der Waals surface area contributed by atoms with Gasteiger partial charge in [-0.25, -0.2) is 0 Å². The first-order valence-electron chi connectivity index (χ1n) is 5.86. The minimum Gasteiger partial charge on any atom is -0.480 e. The second-order valence-electron chi connectivity index (χ2n) is 4.56. The van der Waals surface area contributed by atoms with Crippen LogP contribution in [0.3, 0.4) is 0 Å². The Kier molecular flexibility index (Phi) is 3.45. The third-order valence-electron chi connectivity index (χ3n) is 3.22. The van der Waals surface area contributed by atoms with E-state index in [1.54, 1.807) is 0 Å². The van der Waals surface area contributed by atoms with Gasteiger partial charge < -0.3 is 15.7 Å². The molecule has 1 fully saturated rings. The molecule has 1 aromatic rings. The molecule has 1 aliphatic rings. The maximum atomic E-state index is 11.2. The lowest BCUT2D eigenvalue weighted by atomic mass is 9.92. The SMILES string of the molecule is Cc1ccc(C)c(C2NCCNC2C(=O)O)c1. The number of rotatable bonds is 2. The predicted molar refractivity (Wildman–Crippen MR) is 66.1 cm³/mol. The molecule has 2 rings (SSSR count). The normalized spacial score (nSPS) is 24.6. The summed E-state index contributed by atoms with van der Waals surface area (Å²) in [7, 11) is 0. The monoisotopic (exact) mass is 234 g/mol. The Bertz CT molecular complexity index is 431. The Hall–Kier alpha value is -1.39. The molecule has 2 unspecified atom stereocenters. The van der Waals surface area contributed by atoms with Gasteiger partial charge in [0.1, 0.15) is 6.04 Å². The Balaban J connectivity index is 2.35. The molecule has 92 valence electrons. The van der Waals surface area contributed by atoms with E-state index in [1.807, 2.05) is 26.0 Å². The molecule has 1 aromatic carbocycles. The van der Waals surface area contributed by atoms with E-state index < -0.39 is 12.0 Å². The van der Waals surface area contributed by atoms with Crippen LogP contribution in [-0.4, -0.2) is 30.2 Å². The van der Waals surface area contributed by atoms with E-state index in [2.05, 4.69) is 16.7 Å². The molecule has 17 heavy (non-hydrogen) atoms. The van der Waals surface area contributed by atoms with Crippen LogP contribution in [0.15, 0.2) is 18.2 Å². The molecular weight excluding hydrogens is 216 g/mol. The minimum atomic E-state index is -0.803. The fourth-order valence-corrected chi connectivity index (χ4v) is 2.31. The summed E-state index contributed by atoms with van der Waals surface area (Å²) >= 11 is 0. The summed E-state index contributed by atoms with van der Waals surface area (Å²) < 4.78 is 0. The topological polar surface area (TPSA) is 61.4 Å². The molecular formula is C13H18N2O2. The molecule has 1 aliphatic heterocycles. The van der Waals surface area contributed by atoms with Crippen LogP contribution in [0.2, 0.25) is 0 Å². The number of hydrogen-bond acceptors (Lipinski definition) is 3. The molecule has 3 N–H and O–H groups in total. The fourth-order valence-electron chi connectivity index (χ4n) is 2.31. The van der Waals surface area contributed by atoms with Crippen LogP contribution in [0.25, 0.3) is 0 Å². The molecule has 0 radical (unpaired) electrons. The molecule has 0 saturated carbocycles. The summed E-state index contributed by atoms with van der Waals surface area (Å²) in [5.41, 5.74) is 3.36. The number of hydrogen-bond donors (Lipinski definition) is 3. The van der Waals surface area contributed by atoms with Crippen molar-refractivity contribution in [2.45, 2.75) is 25.9 Å².